The molecule has 0 radical (unpaired) electrons. The van der Waals surface area contributed by atoms with E-state index < -0.39 is 0 Å². The molecule has 1 fully saturated rings. The first-order valence-corrected chi connectivity index (χ1v) is 7.88. The first-order chi connectivity index (χ1) is 8.74. The quantitative estimate of drug-likeness (QED) is 0.599. The maximum Gasteiger partial charge on any atom is 0.176 e. The number of ketones is 1. The van der Waals surface area contributed by atoms with Crippen molar-refractivity contribution in [2.24, 2.45) is 0 Å². The number of likely N-dealkylation sites (tertiary alicyclic amines) is 1. The van der Waals surface area contributed by atoms with Gasteiger partial charge in [0.05, 0.1) is 6.54 Å². The van der Waals surface area contributed by atoms with Crippen molar-refractivity contribution < 1.29 is 4.79 Å². The van der Waals surface area contributed by atoms with Crippen molar-refractivity contribution in [1.82, 2.24) is 4.90 Å². The summed E-state index contributed by atoms with van der Waals surface area (Å²) in [5.74, 6) is 0.253. The summed E-state index contributed by atoms with van der Waals surface area (Å²) >= 11 is 1.70. The maximum absolute atomic E-state index is 12.2. The standard InChI is InChI=1S/C15H21NOS/c1-3-13-5-4-10-16(13)11-15(17)12-6-8-14(18-2)9-7-12/h6-9,13H,3-5,10-11H2,1-2H3. The number of nitrogens with zero attached hydrogens (tertiary/aromatic N) is 1. The fourth-order valence-electron chi connectivity index (χ4n) is 2.62. The highest BCUT2D eigenvalue weighted by Gasteiger charge is 2.24. The van der Waals surface area contributed by atoms with Gasteiger partial charge in [-0.3, -0.25) is 9.69 Å². The van der Waals surface area contributed by atoms with E-state index in [-0.39, 0.29) is 5.78 Å². The van der Waals surface area contributed by atoms with Gasteiger partial charge in [-0.1, -0.05) is 19.1 Å². The maximum atomic E-state index is 12.2. The third-order valence-electron chi connectivity index (χ3n) is 3.73. The predicted molar refractivity (Wildman–Crippen MR) is 77.4 cm³/mol. The van der Waals surface area contributed by atoms with E-state index in [4.69, 9.17) is 0 Å². The Morgan fingerprint density at radius 2 is 2.11 bits per heavy atom. The molecule has 0 aromatic heterocycles. The van der Waals surface area contributed by atoms with Gasteiger partial charge in [-0.15, -0.1) is 11.8 Å². The molecule has 0 saturated carbocycles. The van der Waals surface area contributed by atoms with Gasteiger partial charge in [0.15, 0.2) is 5.78 Å². The molecule has 1 atom stereocenters. The minimum Gasteiger partial charge on any atom is -0.293 e. The average Bonchev–Trinajstić information content (AvgIpc) is 2.86. The smallest absolute Gasteiger partial charge is 0.176 e. The molecule has 98 valence electrons. The molecular formula is C15H21NOS. The molecule has 1 aromatic rings. The lowest BCUT2D eigenvalue weighted by atomic mass is 10.1. The fourth-order valence-corrected chi connectivity index (χ4v) is 3.03. The van der Waals surface area contributed by atoms with E-state index in [9.17, 15) is 4.79 Å². The summed E-state index contributed by atoms with van der Waals surface area (Å²) in [5.41, 5.74) is 0.842. The summed E-state index contributed by atoms with van der Waals surface area (Å²) < 4.78 is 0. The summed E-state index contributed by atoms with van der Waals surface area (Å²) in [6.45, 7) is 3.87. The van der Waals surface area contributed by atoms with E-state index in [1.807, 2.05) is 30.5 Å². The summed E-state index contributed by atoms with van der Waals surface area (Å²) in [6.07, 6.45) is 5.68. The zero-order valence-electron chi connectivity index (χ0n) is 11.2. The number of benzene rings is 1. The predicted octanol–water partition coefficient (Wildman–Crippen LogP) is 3.47. The first-order valence-electron chi connectivity index (χ1n) is 6.66. The highest BCUT2D eigenvalue weighted by atomic mass is 32.2. The van der Waals surface area contributed by atoms with Crippen LogP contribution in [0.4, 0.5) is 0 Å². The summed E-state index contributed by atoms with van der Waals surface area (Å²) in [5, 5.41) is 0. The minimum atomic E-state index is 0.253. The van der Waals surface area contributed by atoms with Gasteiger partial charge < -0.3 is 0 Å². The molecule has 2 rings (SSSR count). The monoisotopic (exact) mass is 263 g/mol. The fraction of sp³-hybridized carbons (Fsp3) is 0.533. The number of hydrogen-bond acceptors (Lipinski definition) is 3. The molecule has 1 saturated heterocycles. The number of Topliss-reactive ketones (excluding diaryl/α,β-unsaturated/α-hetero) is 1. The van der Waals surface area contributed by atoms with Gasteiger partial charge in [0.1, 0.15) is 0 Å². The van der Waals surface area contributed by atoms with Crippen molar-refractivity contribution in [3.8, 4) is 0 Å². The average molecular weight is 263 g/mol. The lowest BCUT2D eigenvalue weighted by Gasteiger charge is -2.22. The van der Waals surface area contributed by atoms with E-state index in [1.165, 1.54) is 17.7 Å². The van der Waals surface area contributed by atoms with E-state index in [0.29, 0.717) is 12.6 Å². The second kappa shape index (κ2) is 6.39. The SMILES string of the molecule is CCC1CCCN1CC(=O)c1ccc(SC)cc1. The molecule has 0 N–H and O–H groups in total. The van der Waals surface area contributed by atoms with Gasteiger partial charge in [0.25, 0.3) is 0 Å². The topological polar surface area (TPSA) is 20.3 Å². The molecule has 0 bridgehead atoms. The van der Waals surface area contributed by atoms with Crippen LogP contribution in [0.15, 0.2) is 29.2 Å². The van der Waals surface area contributed by atoms with Crippen molar-refractivity contribution in [2.45, 2.75) is 37.1 Å². The van der Waals surface area contributed by atoms with Crippen molar-refractivity contribution in [3.63, 3.8) is 0 Å². The summed E-state index contributed by atoms with van der Waals surface area (Å²) in [4.78, 5) is 15.8. The number of hydrogen-bond donors (Lipinski definition) is 0. The lowest BCUT2D eigenvalue weighted by molar-refractivity contribution is 0.0920. The lowest BCUT2D eigenvalue weighted by Crippen LogP contribution is -2.33. The second-order valence-corrected chi connectivity index (χ2v) is 5.71. The largest absolute Gasteiger partial charge is 0.293 e. The Kier molecular flexibility index (Phi) is 4.84. The van der Waals surface area contributed by atoms with E-state index in [1.54, 1.807) is 11.8 Å². The molecular weight excluding hydrogens is 242 g/mol. The van der Waals surface area contributed by atoms with Crippen LogP contribution in [0.2, 0.25) is 0 Å². The molecule has 0 spiro atoms. The van der Waals surface area contributed by atoms with Crippen LogP contribution in [0.5, 0.6) is 0 Å². The van der Waals surface area contributed by atoms with Crippen molar-refractivity contribution in [3.05, 3.63) is 29.8 Å². The molecule has 1 unspecified atom stereocenters. The zero-order valence-corrected chi connectivity index (χ0v) is 12.0. The van der Waals surface area contributed by atoms with Gasteiger partial charge in [0.2, 0.25) is 0 Å². The molecule has 2 nitrogen and oxygen atoms in total. The molecule has 18 heavy (non-hydrogen) atoms. The van der Waals surface area contributed by atoms with Gasteiger partial charge in [0, 0.05) is 16.5 Å². The van der Waals surface area contributed by atoms with Gasteiger partial charge in [-0.25, -0.2) is 0 Å². The van der Waals surface area contributed by atoms with Crippen LogP contribution in [0.3, 0.4) is 0 Å². The second-order valence-electron chi connectivity index (χ2n) is 4.83. The van der Waals surface area contributed by atoms with Crippen LogP contribution >= 0.6 is 11.8 Å². The molecule has 0 amide bonds. The molecule has 1 aliphatic rings. The van der Waals surface area contributed by atoms with Crippen LogP contribution < -0.4 is 0 Å². The third-order valence-corrected chi connectivity index (χ3v) is 4.47. The highest BCUT2D eigenvalue weighted by Crippen LogP contribution is 2.20. The van der Waals surface area contributed by atoms with Gasteiger partial charge in [-0.05, 0) is 44.2 Å². The Morgan fingerprint density at radius 3 is 2.72 bits per heavy atom. The Morgan fingerprint density at radius 1 is 1.39 bits per heavy atom. The molecule has 1 heterocycles. The van der Waals surface area contributed by atoms with Crippen molar-refractivity contribution in [1.29, 1.82) is 0 Å². The van der Waals surface area contributed by atoms with Crippen molar-refractivity contribution in [2.75, 3.05) is 19.3 Å². The first kappa shape index (κ1) is 13.6. The van der Waals surface area contributed by atoms with Crippen molar-refractivity contribution >= 4 is 17.5 Å². The minimum absolute atomic E-state index is 0.253. The van der Waals surface area contributed by atoms with E-state index in [0.717, 1.165) is 18.5 Å². The Balaban J connectivity index is 1.98. The molecule has 1 aromatic carbocycles. The summed E-state index contributed by atoms with van der Waals surface area (Å²) in [6, 6.07) is 8.56. The van der Waals surface area contributed by atoms with Crippen LogP contribution in [0, 0.1) is 0 Å². The number of carbonyl (C=O) groups excluding carboxylic acids is 1. The molecule has 0 aliphatic carbocycles. The van der Waals surface area contributed by atoms with Crippen LogP contribution in [0.1, 0.15) is 36.5 Å². The number of carbonyl (C=O) groups is 1. The normalized spacial score (nSPS) is 20.2. The molecule has 1 aliphatic heterocycles. The van der Waals surface area contributed by atoms with Gasteiger partial charge in [-0.2, -0.15) is 0 Å². The Labute approximate surface area is 114 Å². The van der Waals surface area contributed by atoms with Crippen LogP contribution in [-0.4, -0.2) is 36.1 Å². The van der Waals surface area contributed by atoms with E-state index >= 15 is 0 Å². The van der Waals surface area contributed by atoms with Gasteiger partial charge >= 0.3 is 0 Å². The highest BCUT2D eigenvalue weighted by molar-refractivity contribution is 7.98. The Bertz CT molecular complexity index is 401. The van der Waals surface area contributed by atoms with E-state index in [2.05, 4.69) is 11.8 Å². The third kappa shape index (κ3) is 3.15. The molecule has 3 heteroatoms. The van der Waals surface area contributed by atoms with Crippen LogP contribution in [-0.2, 0) is 0 Å². The Hall–Kier alpha value is -0.800. The zero-order chi connectivity index (χ0) is 13.0. The number of rotatable bonds is 5. The van der Waals surface area contributed by atoms with Crippen LogP contribution in [0.25, 0.3) is 0 Å². The summed E-state index contributed by atoms with van der Waals surface area (Å²) in [7, 11) is 0. The number of thioether (sulfide) groups is 1.